The minimum atomic E-state index is -0.653. The van der Waals surface area contributed by atoms with E-state index >= 15 is 0 Å². The first kappa shape index (κ1) is 14.5. The molecule has 0 bridgehead atoms. The minimum Gasteiger partial charge on any atom is -0.449 e. The van der Waals surface area contributed by atoms with Gasteiger partial charge in [0, 0.05) is 27.9 Å². The first-order valence-electron chi connectivity index (χ1n) is 7.04. The van der Waals surface area contributed by atoms with E-state index in [2.05, 4.69) is 0 Å². The minimum absolute atomic E-state index is 0.0573. The normalized spacial score (nSPS) is 11.0. The van der Waals surface area contributed by atoms with Gasteiger partial charge in [-0.05, 0) is 42.5 Å². The Bertz CT molecular complexity index is 1140. The van der Waals surface area contributed by atoms with Gasteiger partial charge >= 0.3 is 11.6 Å². The van der Waals surface area contributed by atoms with Gasteiger partial charge in [0.15, 0.2) is 0 Å². The van der Waals surface area contributed by atoms with Crippen molar-refractivity contribution in [1.29, 1.82) is 0 Å². The fourth-order valence-corrected chi connectivity index (χ4v) is 2.56. The van der Waals surface area contributed by atoms with E-state index in [-0.39, 0.29) is 11.5 Å². The summed E-state index contributed by atoms with van der Waals surface area (Å²) in [6, 6.07) is 14.4. The highest BCUT2D eigenvalue weighted by Gasteiger charge is 2.15. The largest absolute Gasteiger partial charge is 0.449 e. The van der Waals surface area contributed by atoms with Gasteiger partial charge in [-0.15, -0.1) is 0 Å². The van der Waals surface area contributed by atoms with Crippen molar-refractivity contribution in [2.75, 3.05) is 0 Å². The lowest BCUT2D eigenvalue weighted by atomic mass is 10.2. The van der Waals surface area contributed by atoms with Gasteiger partial charge in [-0.25, -0.2) is 9.59 Å². The van der Waals surface area contributed by atoms with Crippen molar-refractivity contribution in [3.05, 3.63) is 75.8 Å². The molecule has 0 amide bonds. The van der Waals surface area contributed by atoms with Crippen molar-refractivity contribution in [2.24, 2.45) is 0 Å². The van der Waals surface area contributed by atoms with E-state index in [1.54, 1.807) is 42.5 Å². The van der Waals surface area contributed by atoms with Gasteiger partial charge in [0.05, 0.1) is 0 Å². The molecule has 0 aliphatic rings. The Morgan fingerprint density at radius 3 is 2.58 bits per heavy atom. The Hall–Kier alpha value is -3.05. The molecule has 6 heteroatoms. The van der Waals surface area contributed by atoms with Crippen molar-refractivity contribution < 1.29 is 18.4 Å². The van der Waals surface area contributed by atoms with Crippen molar-refractivity contribution in [3.8, 4) is 5.75 Å². The maximum atomic E-state index is 12.2. The van der Waals surface area contributed by atoms with Gasteiger partial charge in [0.2, 0.25) is 5.76 Å². The monoisotopic (exact) mass is 340 g/mol. The summed E-state index contributed by atoms with van der Waals surface area (Å²) in [5.74, 6) is -0.345. The van der Waals surface area contributed by atoms with Crippen LogP contribution in [0.3, 0.4) is 0 Å². The van der Waals surface area contributed by atoms with E-state index < -0.39 is 11.6 Å². The van der Waals surface area contributed by atoms with Crippen LogP contribution in [0.1, 0.15) is 10.6 Å². The first-order chi connectivity index (χ1) is 11.6. The van der Waals surface area contributed by atoms with Crippen LogP contribution in [0.2, 0.25) is 5.02 Å². The fraction of sp³-hybridized carbons (Fsp3) is 0. The number of esters is 1. The summed E-state index contributed by atoms with van der Waals surface area (Å²) >= 11 is 5.91. The molecule has 2 heterocycles. The summed E-state index contributed by atoms with van der Waals surface area (Å²) in [5.41, 5.74) is 0.403. The molecular weight excluding hydrogens is 332 g/mol. The molecule has 0 aliphatic heterocycles. The predicted octanol–water partition coefficient (Wildman–Crippen LogP) is 4.41. The number of hydrogen-bond donors (Lipinski definition) is 0. The second kappa shape index (κ2) is 5.54. The summed E-state index contributed by atoms with van der Waals surface area (Å²) in [4.78, 5) is 23.5. The standard InChI is InChI=1S/C18H9ClO5/c19-12-3-5-14-11(7-12)8-16(23-14)18(21)22-13-4-1-10-2-6-17(20)24-15(10)9-13/h1-9H. The molecule has 24 heavy (non-hydrogen) atoms. The average Bonchev–Trinajstić information content (AvgIpc) is 2.97. The summed E-state index contributed by atoms with van der Waals surface area (Å²) in [5, 5.41) is 1.99. The number of halogens is 1. The lowest BCUT2D eigenvalue weighted by Gasteiger charge is -2.03. The average molecular weight is 341 g/mol. The molecule has 2 aromatic heterocycles. The van der Waals surface area contributed by atoms with Gasteiger partial charge in [0.1, 0.15) is 16.9 Å². The number of ether oxygens (including phenoxy) is 1. The third-order valence-corrected chi connectivity index (χ3v) is 3.72. The second-order valence-electron chi connectivity index (χ2n) is 5.14. The van der Waals surface area contributed by atoms with Crippen LogP contribution < -0.4 is 10.4 Å². The number of hydrogen-bond acceptors (Lipinski definition) is 5. The summed E-state index contributed by atoms with van der Waals surface area (Å²) in [7, 11) is 0. The van der Waals surface area contributed by atoms with Gasteiger partial charge in [-0.3, -0.25) is 0 Å². The van der Waals surface area contributed by atoms with Crippen LogP contribution in [0.15, 0.2) is 68.2 Å². The van der Waals surface area contributed by atoms with Gasteiger partial charge in [0.25, 0.3) is 0 Å². The van der Waals surface area contributed by atoms with Gasteiger partial charge in [-0.1, -0.05) is 11.6 Å². The number of carbonyl (C=O) groups is 1. The smallest absolute Gasteiger partial charge is 0.379 e. The number of furan rings is 1. The maximum Gasteiger partial charge on any atom is 0.379 e. The highest BCUT2D eigenvalue weighted by Crippen LogP contribution is 2.25. The highest BCUT2D eigenvalue weighted by atomic mass is 35.5. The van der Waals surface area contributed by atoms with Crippen molar-refractivity contribution in [2.45, 2.75) is 0 Å². The Morgan fingerprint density at radius 2 is 1.71 bits per heavy atom. The Labute approximate surface area is 140 Å². The molecule has 4 aromatic rings. The van der Waals surface area contributed by atoms with Gasteiger partial charge in [-0.2, -0.15) is 0 Å². The molecule has 0 aliphatic carbocycles. The molecule has 0 saturated heterocycles. The molecule has 4 rings (SSSR count). The molecule has 0 unspecified atom stereocenters. The van der Waals surface area contributed by atoms with Crippen molar-refractivity contribution >= 4 is 39.5 Å². The topological polar surface area (TPSA) is 69.7 Å². The van der Waals surface area contributed by atoms with Gasteiger partial charge < -0.3 is 13.6 Å². The zero-order valence-corrected chi connectivity index (χ0v) is 12.9. The lowest BCUT2D eigenvalue weighted by Crippen LogP contribution is -2.07. The number of rotatable bonds is 2. The van der Waals surface area contributed by atoms with E-state index in [4.69, 9.17) is 25.2 Å². The third kappa shape index (κ3) is 2.66. The third-order valence-electron chi connectivity index (χ3n) is 3.48. The van der Waals surface area contributed by atoms with Crippen LogP contribution in [-0.2, 0) is 0 Å². The molecule has 0 saturated carbocycles. The number of carbonyl (C=O) groups excluding carboxylic acids is 1. The highest BCUT2D eigenvalue weighted by molar-refractivity contribution is 6.31. The number of fused-ring (bicyclic) bond motifs is 2. The van der Waals surface area contributed by atoms with E-state index in [0.717, 1.165) is 5.39 Å². The van der Waals surface area contributed by atoms with Crippen molar-refractivity contribution in [3.63, 3.8) is 0 Å². The van der Waals surface area contributed by atoms with E-state index in [1.807, 2.05) is 0 Å². The van der Waals surface area contributed by atoms with Crippen LogP contribution in [0.5, 0.6) is 5.75 Å². The number of benzene rings is 2. The molecule has 0 atom stereocenters. The van der Waals surface area contributed by atoms with Crippen LogP contribution in [0.4, 0.5) is 0 Å². The first-order valence-corrected chi connectivity index (χ1v) is 7.41. The van der Waals surface area contributed by atoms with E-state index in [0.29, 0.717) is 21.6 Å². The maximum absolute atomic E-state index is 12.2. The summed E-state index contributed by atoms with van der Waals surface area (Å²) in [6.07, 6.45) is 0. The van der Waals surface area contributed by atoms with Crippen LogP contribution in [0.25, 0.3) is 21.9 Å². The molecule has 0 radical (unpaired) electrons. The fourth-order valence-electron chi connectivity index (χ4n) is 2.38. The summed E-state index contributed by atoms with van der Waals surface area (Å²) in [6.45, 7) is 0. The summed E-state index contributed by atoms with van der Waals surface area (Å²) < 4.78 is 15.8. The van der Waals surface area contributed by atoms with E-state index in [9.17, 15) is 9.59 Å². The van der Waals surface area contributed by atoms with E-state index in [1.165, 1.54) is 12.1 Å². The Balaban J connectivity index is 1.66. The molecule has 0 fully saturated rings. The molecule has 118 valence electrons. The molecular formula is C18H9ClO5. The zero-order valence-electron chi connectivity index (χ0n) is 12.1. The van der Waals surface area contributed by atoms with Crippen LogP contribution in [-0.4, -0.2) is 5.97 Å². The van der Waals surface area contributed by atoms with Crippen LogP contribution in [0, 0.1) is 0 Å². The lowest BCUT2D eigenvalue weighted by molar-refractivity contribution is 0.0704. The quantitative estimate of drug-likeness (QED) is 0.307. The molecule has 0 N–H and O–H groups in total. The Kier molecular flexibility index (Phi) is 3.36. The predicted molar refractivity (Wildman–Crippen MR) is 88.7 cm³/mol. The molecule has 0 spiro atoms. The zero-order chi connectivity index (χ0) is 16.7. The molecule has 2 aromatic carbocycles. The SMILES string of the molecule is O=C(Oc1ccc2ccc(=O)oc2c1)c1cc2cc(Cl)ccc2o1. The van der Waals surface area contributed by atoms with Crippen molar-refractivity contribution in [1.82, 2.24) is 0 Å². The van der Waals surface area contributed by atoms with Crippen LogP contribution >= 0.6 is 11.6 Å². The second-order valence-corrected chi connectivity index (χ2v) is 5.57. The molecule has 5 nitrogen and oxygen atoms in total. The Morgan fingerprint density at radius 1 is 0.875 bits per heavy atom.